The molecule has 4 aromatic carbocycles. The Bertz CT molecular complexity index is 1820. The van der Waals surface area contributed by atoms with Crippen molar-refractivity contribution in [2.75, 3.05) is 26.8 Å². The molecule has 1 N–H and O–H groups in total. The fourth-order valence-electron chi connectivity index (χ4n) is 5.91. The van der Waals surface area contributed by atoms with Gasteiger partial charge in [0.25, 0.3) is 5.91 Å². The third-order valence-corrected chi connectivity index (χ3v) is 8.44. The Morgan fingerprint density at radius 3 is 2.26 bits per heavy atom. The molecule has 0 radical (unpaired) electrons. The van der Waals surface area contributed by atoms with Crippen molar-refractivity contribution in [1.82, 2.24) is 15.4 Å². The number of nitrogens with one attached hydrogen (secondary N) is 1. The lowest BCUT2D eigenvalue weighted by Gasteiger charge is -2.25. The van der Waals surface area contributed by atoms with Gasteiger partial charge in [-0.15, -0.1) is 0 Å². The molecule has 1 aliphatic heterocycles. The number of halogens is 1. The smallest absolute Gasteiger partial charge is 0.274 e. The summed E-state index contributed by atoms with van der Waals surface area (Å²) in [7, 11) is 2.11. The summed E-state index contributed by atoms with van der Waals surface area (Å²) < 4.78 is 32.1. The molecular weight excluding hydrogens is 593 g/mol. The van der Waals surface area contributed by atoms with Crippen LogP contribution in [-0.2, 0) is 26.2 Å². The lowest BCUT2D eigenvalue weighted by atomic mass is 9.91. The Hall–Kier alpha value is -4.95. The maximum Gasteiger partial charge on any atom is 0.274 e. The standard InChI is InChI=1S/C39H40FN3O4/c1-26(2)32-21-33(35(46-25-28-12-8-5-9-13-28)22-34(32)45-24-27-10-6-4-7-11-27)38-36(37(42-47-38)39(44)41-18-17-40)30-14-15-31-23-43(3)19-16-29(31)20-30/h4-15,20-22,26H,16-19,23-25H2,1-3H3,(H,41,44). The summed E-state index contributed by atoms with van der Waals surface area (Å²) in [5, 5.41) is 6.90. The van der Waals surface area contributed by atoms with E-state index in [4.69, 9.17) is 14.0 Å². The Kier molecular flexibility index (Phi) is 9.97. The van der Waals surface area contributed by atoms with Crippen molar-refractivity contribution in [3.05, 3.63) is 125 Å². The SMILES string of the molecule is CC(C)c1cc(-c2onc(C(=O)NCCF)c2-c2ccc3c(c2)CCN(C)C3)c(OCc2ccccc2)cc1OCc1ccccc1. The monoisotopic (exact) mass is 633 g/mol. The molecule has 1 aliphatic rings. The Morgan fingerprint density at radius 2 is 1.60 bits per heavy atom. The van der Waals surface area contributed by atoms with Crippen LogP contribution in [0.3, 0.4) is 0 Å². The van der Waals surface area contributed by atoms with Gasteiger partial charge in [-0.2, -0.15) is 0 Å². The minimum atomic E-state index is -0.683. The van der Waals surface area contributed by atoms with E-state index in [1.54, 1.807) is 0 Å². The number of aromatic nitrogens is 1. The van der Waals surface area contributed by atoms with Crippen LogP contribution in [0.15, 0.2) is 95.5 Å². The van der Waals surface area contributed by atoms with Gasteiger partial charge in [-0.25, -0.2) is 4.39 Å². The van der Waals surface area contributed by atoms with E-state index in [0.717, 1.165) is 41.8 Å². The van der Waals surface area contributed by atoms with E-state index in [9.17, 15) is 9.18 Å². The van der Waals surface area contributed by atoms with Crippen molar-refractivity contribution in [3.8, 4) is 33.9 Å². The summed E-state index contributed by atoms with van der Waals surface area (Å²) in [6.45, 7) is 5.92. The highest BCUT2D eigenvalue weighted by Crippen LogP contribution is 2.45. The van der Waals surface area contributed by atoms with Crippen molar-refractivity contribution in [2.24, 2.45) is 0 Å². The minimum Gasteiger partial charge on any atom is -0.488 e. The van der Waals surface area contributed by atoms with E-state index in [0.29, 0.717) is 41.6 Å². The lowest BCUT2D eigenvalue weighted by Crippen LogP contribution is -2.27. The number of hydrogen-bond acceptors (Lipinski definition) is 6. The molecule has 0 saturated carbocycles. The first-order valence-electron chi connectivity index (χ1n) is 16.1. The molecule has 5 aromatic rings. The molecule has 47 heavy (non-hydrogen) atoms. The molecule has 8 heteroatoms. The quantitative estimate of drug-likeness (QED) is 0.150. The topological polar surface area (TPSA) is 76.8 Å². The molecule has 2 heterocycles. The first-order chi connectivity index (χ1) is 22.9. The van der Waals surface area contributed by atoms with Gasteiger partial charge in [-0.1, -0.05) is 97.9 Å². The zero-order valence-electron chi connectivity index (χ0n) is 27.1. The second kappa shape index (κ2) is 14.6. The maximum atomic E-state index is 13.4. The molecule has 0 atom stereocenters. The van der Waals surface area contributed by atoms with E-state index in [1.165, 1.54) is 11.1 Å². The van der Waals surface area contributed by atoms with Crippen LogP contribution in [0.5, 0.6) is 11.5 Å². The Morgan fingerprint density at radius 1 is 0.915 bits per heavy atom. The van der Waals surface area contributed by atoms with Gasteiger partial charge in [0.05, 0.1) is 11.1 Å². The summed E-state index contributed by atoms with van der Waals surface area (Å²) in [5.41, 5.74) is 7.59. The third-order valence-electron chi connectivity index (χ3n) is 8.44. The zero-order valence-corrected chi connectivity index (χ0v) is 27.1. The number of ether oxygens (including phenoxy) is 2. The number of amides is 1. The first kappa shape index (κ1) is 32.0. The normalized spacial score (nSPS) is 13.0. The summed E-state index contributed by atoms with van der Waals surface area (Å²) in [5.74, 6) is 1.25. The predicted octanol–water partition coefficient (Wildman–Crippen LogP) is 7.98. The molecule has 7 nitrogen and oxygen atoms in total. The van der Waals surface area contributed by atoms with Gasteiger partial charge in [0, 0.05) is 25.7 Å². The van der Waals surface area contributed by atoms with Gasteiger partial charge >= 0.3 is 0 Å². The van der Waals surface area contributed by atoms with Crippen LogP contribution in [0.1, 0.15) is 58.1 Å². The average molecular weight is 634 g/mol. The van der Waals surface area contributed by atoms with Crippen LogP contribution in [0.25, 0.3) is 22.5 Å². The van der Waals surface area contributed by atoms with Crippen LogP contribution < -0.4 is 14.8 Å². The highest BCUT2D eigenvalue weighted by atomic mass is 19.1. The van der Waals surface area contributed by atoms with Gasteiger partial charge in [0.2, 0.25) is 0 Å². The van der Waals surface area contributed by atoms with E-state index in [-0.39, 0.29) is 18.2 Å². The maximum absolute atomic E-state index is 13.4. The molecule has 0 spiro atoms. The van der Waals surface area contributed by atoms with E-state index >= 15 is 0 Å². The lowest BCUT2D eigenvalue weighted by molar-refractivity contribution is 0.0942. The van der Waals surface area contributed by atoms with Crippen LogP contribution in [0.2, 0.25) is 0 Å². The Balaban J connectivity index is 1.49. The van der Waals surface area contributed by atoms with E-state index < -0.39 is 12.6 Å². The molecule has 1 aromatic heterocycles. The van der Waals surface area contributed by atoms with Gasteiger partial charge in [0.1, 0.15) is 31.4 Å². The van der Waals surface area contributed by atoms with Crippen molar-refractivity contribution in [2.45, 2.75) is 45.9 Å². The Labute approximate surface area is 275 Å². The van der Waals surface area contributed by atoms with E-state index in [2.05, 4.69) is 48.4 Å². The minimum absolute atomic E-state index is 0.0992. The number of nitrogens with zero attached hydrogens (tertiary/aromatic N) is 2. The molecule has 0 fully saturated rings. The van der Waals surface area contributed by atoms with Crippen LogP contribution >= 0.6 is 0 Å². The van der Waals surface area contributed by atoms with Crippen LogP contribution in [0.4, 0.5) is 4.39 Å². The van der Waals surface area contributed by atoms with E-state index in [1.807, 2.05) is 78.9 Å². The molecule has 0 saturated heterocycles. The largest absolute Gasteiger partial charge is 0.488 e. The van der Waals surface area contributed by atoms with Crippen molar-refractivity contribution < 1.29 is 23.2 Å². The number of rotatable bonds is 12. The van der Waals surface area contributed by atoms with Gasteiger partial charge < -0.3 is 24.2 Å². The number of alkyl halides is 1. The zero-order chi connectivity index (χ0) is 32.8. The average Bonchev–Trinajstić information content (AvgIpc) is 3.54. The fourth-order valence-corrected chi connectivity index (χ4v) is 5.91. The van der Waals surface area contributed by atoms with Crippen molar-refractivity contribution in [3.63, 3.8) is 0 Å². The summed E-state index contributed by atoms with van der Waals surface area (Å²) in [4.78, 5) is 15.6. The molecule has 242 valence electrons. The molecule has 1 amide bonds. The van der Waals surface area contributed by atoms with Gasteiger partial charge in [0.15, 0.2) is 11.5 Å². The second-order valence-electron chi connectivity index (χ2n) is 12.2. The highest BCUT2D eigenvalue weighted by molar-refractivity contribution is 6.02. The first-order valence-corrected chi connectivity index (χ1v) is 16.1. The van der Waals surface area contributed by atoms with Crippen LogP contribution in [-0.4, -0.2) is 42.8 Å². The summed E-state index contributed by atoms with van der Waals surface area (Å²) in [6.07, 6.45) is 0.889. The number of benzene rings is 4. The number of carbonyl (C=O) groups is 1. The highest BCUT2D eigenvalue weighted by Gasteiger charge is 2.29. The number of likely N-dealkylation sites (N-methyl/N-ethyl adjacent to an activating group) is 1. The van der Waals surface area contributed by atoms with Gasteiger partial charge in [-0.05, 0) is 58.8 Å². The number of hydrogen-bond donors (Lipinski definition) is 1. The fraction of sp³-hybridized carbons (Fsp3) is 0.282. The van der Waals surface area contributed by atoms with Gasteiger partial charge in [-0.3, -0.25) is 4.79 Å². The van der Waals surface area contributed by atoms with Crippen molar-refractivity contribution in [1.29, 1.82) is 0 Å². The van der Waals surface area contributed by atoms with Crippen molar-refractivity contribution >= 4 is 5.91 Å². The predicted molar refractivity (Wildman–Crippen MR) is 181 cm³/mol. The molecule has 0 unspecified atom stereocenters. The van der Waals surface area contributed by atoms with Crippen LogP contribution in [0, 0.1) is 0 Å². The molecule has 6 rings (SSSR count). The number of fused-ring (bicyclic) bond motifs is 1. The third kappa shape index (κ3) is 7.39. The summed E-state index contributed by atoms with van der Waals surface area (Å²) >= 11 is 0. The summed E-state index contributed by atoms with van der Waals surface area (Å²) in [6, 6.07) is 30.1. The molecular formula is C39H40FN3O4. The number of carbonyl (C=O) groups excluding carboxylic acids is 1. The molecule has 0 aliphatic carbocycles. The molecule has 0 bridgehead atoms. The second-order valence-corrected chi connectivity index (χ2v) is 12.2.